The van der Waals surface area contributed by atoms with Gasteiger partial charge >= 0.3 is 0 Å². The molecular formula is C13H17ClN3O3+. The normalized spacial score (nSPS) is 18.3. The second kappa shape index (κ2) is 6.58. The summed E-state index contributed by atoms with van der Waals surface area (Å²) in [7, 11) is 1.53. The van der Waals surface area contributed by atoms with Crippen LogP contribution in [0.15, 0.2) is 18.2 Å². The van der Waals surface area contributed by atoms with Crippen LogP contribution in [-0.2, 0) is 9.59 Å². The Hall–Kier alpha value is -1.79. The number of piperazine rings is 1. The van der Waals surface area contributed by atoms with Gasteiger partial charge in [-0.1, -0.05) is 11.6 Å². The van der Waals surface area contributed by atoms with Gasteiger partial charge < -0.3 is 20.3 Å². The highest BCUT2D eigenvalue weighted by Crippen LogP contribution is 2.27. The molecule has 108 valence electrons. The Morgan fingerprint density at radius 1 is 1.55 bits per heavy atom. The number of carbonyl (C=O) groups is 2. The molecule has 0 spiro atoms. The second-order valence-electron chi connectivity index (χ2n) is 4.60. The van der Waals surface area contributed by atoms with E-state index in [1.165, 1.54) is 7.11 Å². The van der Waals surface area contributed by atoms with Gasteiger partial charge in [-0.3, -0.25) is 9.59 Å². The van der Waals surface area contributed by atoms with Gasteiger partial charge in [-0.15, -0.1) is 0 Å². The average Bonchev–Trinajstić information content (AvgIpc) is 2.38. The number of ether oxygens (including phenoxy) is 1. The van der Waals surface area contributed by atoms with E-state index in [0.29, 0.717) is 29.5 Å². The molecule has 1 aliphatic rings. The Kier molecular flexibility index (Phi) is 4.81. The molecule has 1 aliphatic heterocycles. The topological polar surface area (TPSA) is 71.9 Å². The lowest BCUT2D eigenvalue weighted by atomic mass is 10.3. The molecule has 1 atom stereocenters. The second-order valence-corrected chi connectivity index (χ2v) is 5.03. The summed E-state index contributed by atoms with van der Waals surface area (Å²) in [4.78, 5) is 24.2. The Bertz CT molecular complexity index is 522. The van der Waals surface area contributed by atoms with Crippen LogP contribution in [0.25, 0.3) is 0 Å². The van der Waals surface area contributed by atoms with E-state index < -0.39 is 0 Å². The highest BCUT2D eigenvalue weighted by Gasteiger charge is 2.22. The largest absolute Gasteiger partial charge is 0.495 e. The first-order valence-corrected chi connectivity index (χ1v) is 6.70. The Morgan fingerprint density at radius 2 is 2.35 bits per heavy atom. The van der Waals surface area contributed by atoms with Crippen LogP contribution in [-0.4, -0.2) is 45.1 Å². The zero-order chi connectivity index (χ0) is 14.5. The molecule has 0 aromatic heterocycles. The lowest BCUT2D eigenvalue weighted by molar-refractivity contribution is -0.885. The molecule has 0 radical (unpaired) electrons. The van der Waals surface area contributed by atoms with Crippen molar-refractivity contribution in [2.45, 2.75) is 0 Å². The average molecular weight is 299 g/mol. The third-order valence-corrected chi connectivity index (χ3v) is 3.29. The summed E-state index contributed by atoms with van der Waals surface area (Å²) < 4.78 is 5.16. The van der Waals surface area contributed by atoms with Crippen molar-refractivity contribution in [1.29, 1.82) is 0 Å². The molecule has 6 nitrogen and oxygen atoms in total. The SMILES string of the molecule is COc1ccc(Cl)cc1NC(=O)C[NH+]1CCNC(=O)C1. The predicted octanol–water partition coefficient (Wildman–Crippen LogP) is -0.698. The highest BCUT2D eigenvalue weighted by molar-refractivity contribution is 6.31. The van der Waals surface area contributed by atoms with Crippen molar-refractivity contribution in [3.63, 3.8) is 0 Å². The Balaban J connectivity index is 1.97. The summed E-state index contributed by atoms with van der Waals surface area (Å²) in [5.41, 5.74) is 0.533. The van der Waals surface area contributed by atoms with Crippen LogP contribution in [0.2, 0.25) is 5.02 Å². The number of quaternary nitrogens is 1. The third-order valence-electron chi connectivity index (χ3n) is 3.06. The van der Waals surface area contributed by atoms with E-state index >= 15 is 0 Å². The highest BCUT2D eigenvalue weighted by atomic mass is 35.5. The summed E-state index contributed by atoms with van der Waals surface area (Å²) in [6.45, 7) is 1.90. The van der Waals surface area contributed by atoms with Gasteiger partial charge in [-0.2, -0.15) is 0 Å². The minimum Gasteiger partial charge on any atom is -0.495 e. The van der Waals surface area contributed by atoms with E-state index in [1.807, 2.05) is 0 Å². The minimum absolute atomic E-state index is 0.0283. The maximum Gasteiger partial charge on any atom is 0.279 e. The van der Waals surface area contributed by atoms with Gasteiger partial charge in [0.2, 0.25) is 0 Å². The lowest BCUT2D eigenvalue weighted by Gasteiger charge is -2.23. The smallest absolute Gasteiger partial charge is 0.279 e. The molecule has 1 unspecified atom stereocenters. The molecule has 2 rings (SSSR count). The molecule has 1 saturated heterocycles. The Labute approximate surface area is 122 Å². The van der Waals surface area contributed by atoms with E-state index in [-0.39, 0.29) is 18.4 Å². The molecule has 20 heavy (non-hydrogen) atoms. The van der Waals surface area contributed by atoms with Gasteiger partial charge in [0.15, 0.2) is 13.1 Å². The summed E-state index contributed by atoms with van der Waals surface area (Å²) in [5, 5.41) is 6.01. The molecule has 1 aromatic carbocycles. The summed E-state index contributed by atoms with van der Waals surface area (Å²) >= 11 is 5.90. The molecule has 0 saturated carbocycles. The van der Waals surface area contributed by atoms with Crippen LogP contribution in [0.4, 0.5) is 5.69 Å². The minimum atomic E-state index is -0.171. The number of carbonyl (C=O) groups excluding carboxylic acids is 2. The maximum absolute atomic E-state index is 12.0. The van der Waals surface area contributed by atoms with Gasteiger partial charge in [0.05, 0.1) is 25.9 Å². The quantitative estimate of drug-likeness (QED) is 0.688. The number of halogens is 1. The third kappa shape index (κ3) is 3.85. The molecule has 1 heterocycles. The number of hydrogen-bond acceptors (Lipinski definition) is 3. The van der Waals surface area contributed by atoms with Crippen LogP contribution in [0.1, 0.15) is 0 Å². The van der Waals surface area contributed by atoms with Crippen LogP contribution in [0.5, 0.6) is 5.75 Å². The van der Waals surface area contributed by atoms with Gasteiger partial charge in [0.25, 0.3) is 11.8 Å². The maximum atomic E-state index is 12.0. The van der Waals surface area contributed by atoms with Gasteiger partial charge in [-0.25, -0.2) is 0 Å². The van der Waals surface area contributed by atoms with Crippen molar-refractivity contribution in [3.8, 4) is 5.75 Å². The molecule has 0 bridgehead atoms. The van der Waals surface area contributed by atoms with Crippen molar-refractivity contribution in [3.05, 3.63) is 23.2 Å². The summed E-state index contributed by atoms with van der Waals surface area (Å²) in [6, 6.07) is 5.02. The number of anilines is 1. The van der Waals surface area contributed by atoms with Gasteiger partial charge in [0, 0.05) is 5.02 Å². The molecule has 7 heteroatoms. The summed E-state index contributed by atoms with van der Waals surface area (Å²) in [5.74, 6) is 0.351. The number of nitrogens with one attached hydrogen (secondary N) is 3. The monoisotopic (exact) mass is 298 g/mol. The number of rotatable bonds is 4. The fourth-order valence-corrected chi connectivity index (χ4v) is 2.28. The molecule has 0 aliphatic carbocycles. The lowest BCUT2D eigenvalue weighted by Crippen LogP contribution is -3.16. The van der Waals surface area contributed by atoms with Gasteiger partial charge in [0.1, 0.15) is 5.75 Å². The number of hydrogen-bond donors (Lipinski definition) is 3. The van der Waals surface area contributed by atoms with E-state index in [4.69, 9.17) is 16.3 Å². The van der Waals surface area contributed by atoms with Crippen molar-refractivity contribution in [2.75, 3.05) is 38.6 Å². The number of benzene rings is 1. The molecule has 1 aromatic rings. The predicted molar refractivity (Wildman–Crippen MR) is 75.2 cm³/mol. The Morgan fingerprint density at radius 3 is 3.05 bits per heavy atom. The van der Waals surface area contributed by atoms with Crippen molar-refractivity contribution < 1.29 is 19.2 Å². The van der Waals surface area contributed by atoms with E-state index in [2.05, 4.69) is 10.6 Å². The van der Waals surface area contributed by atoms with Crippen molar-refractivity contribution >= 4 is 29.1 Å². The molecule has 1 fully saturated rings. The number of amides is 2. The van der Waals surface area contributed by atoms with Crippen LogP contribution in [0.3, 0.4) is 0 Å². The fourth-order valence-electron chi connectivity index (χ4n) is 2.11. The van der Waals surface area contributed by atoms with Crippen LogP contribution < -0.4 is 20.3 Å². The van der Waals surface area contributed by atoms with Crippen molar-refractivity contribution in [2.24, 2.45) is 0 Å². The molecule has 3 N–H and O–H groups in total. The van der Waals surface area contributed by atoms with Gasteiger partial charge in [-0.05, 0) is 18.2 Å². The first-order valence-electron chi connectivity index (χ1n) is 6.32. The number of methoxy groups -OCH3 is 1. The molecule has 2 amide bonds. The van der Waals surface area contributed by atoms with Crippen LogP contribution in [0, 0.1) is 0 Å². The van der Waals surface area contributed by atoms with Crippen LogP contribution >= 0.6 is 11.6 Å². The fraction of sp³-hybridized carbons (Fsp3) is 0.385. The zero-order valence-electron chi connectivity index (χ0n) is 11.2. The van der Waals surface area contributed by atoms with Crippen molar-refractivity contribution in [1.82, 2.24) is 5.32 Å². The standard InChI is InChI=1S/C13H16ClN3O3/c1-20-11-3-2-9(14)6-10(11)16-13(19)8-17-5-4-15-12(18)7-17/h2-3,6H,4-5,7-8H2,1H3,(H,15,18)(H,16,19)/p+1. The van der Waals surface area contributed by atoms with E-state index in [0.717, 1.165) is 11.4 Å². The molecular weight excluding hydrogens is 282 g/mol. The van der Waals surface area contributed by atoms with E-state index in [9.17, 15) is 9.59 Å². The zero-order valence-corrected chi connectivity index (χ0v) is 11.9. The van der Waals surface area contributed by atoms with E-state index in [1.54, 1.807) is 18.2 Å². The first-order chi connectivity index (χ1) is 9.58. The summed E-state index contributed by atoms with van der Waals surface area (Å²) in [6.07, 6.45) is 0. The first kappa shape index (κ1) is 14.6.